The number of carbonyl (C=O) groups is 2. The van der Waals surface area contributed by atoms with Crippen LogP contribution in [0.3, 0.4) is 0 Å². The lowest BCUT2D eigenvalue weighted by Gasteiger charge is -2.27. The molecule has 136 valence electrons. The van der Waals surface area contributed by atoms with Crippen molar-refractivity contribution in [3.8, 4) is 11.1 Å². The summed E-state index contributed by atoms with van der Waals surface area (Å²) < 4.78 is 0. The Labute approximate surface area is 159 Å². The van der Waals surface area contributed by atoms with Gasteiger partial charge in [-0.05, 0) is 22.8 Å². The normalized spacial score (nSPS) is 11.6. The monoisotopic (exact) mass is 358 g/mol. The zero-order valence-corrected chi connectivity index (χ0v) is 15.2. The number of carbonyl (C=O) groups excluding carboxylic acids is 2. The second-order valence-corrected chi connectivity index (χ2v) is 6.44. The Balaban J connectivity index is 1.91. The maximum absolute atomic E-state index is 13.2. The van der Waals surface area contributed by atoms with Crippen molar-refractivity contribution in [3.05, 3.63) is 96.1 Å². The summed E-state index contributed by atoms with van der Waals surface area (Å²) in [5.41, 5.74) is 8.90. The molecule has 0 aliphatic rings. The van der Waals surface area contributed by atoms with Crippen molar-refractivity contribution in [1.29, 1.82) is 0 Å². The maximum atomic E-state index is 13.2. The highest BCUT2D eigenvalue weighted by molar-refractivity contribution is 6.02. The highest BCUT2D eigenvalue weighted by Crippen LogP contribution is 2.25. The number of hydrogen-bond acceptors (Lipinski definition) is 2. The maximum Gasteiger partial charge on any atom is 0.254 e. The lowest BCUT2D eigenvalue weighted by atomic mass is 9.97. The first kappa shape index (κ1) is 18.4. The summed E-state index contributed by atoms with van der Waals surface area (Å²) in [5, 5.41) is 0. The quantitative estimate of drug-likeness (QED) is 0.733. The first-order valence-corrected chi connectivity index (χ1v) is 8.83. The van der Waals surface area contributed by atoms with Crippen LogP contribution in [-0.4, -0.2) is 29.8 Å². The van der Waals surface area contributed by atoms with E-state index in [1.54, 1.807) is 13.1 Å². The molecule has 0 bridgehead atoms. The average Bonchev–Trinajstić information content (AvgIpc) is 2.72. The molecule has 0 radical (unpaired) electrons. The largest absolute Gasteiger partial charge is 0.368 e. The van der Waals surface area contributed by atoms with Crippen LogP contribution >= 0.6 is 0 Å². The second kappa shape index (κ2) is 8.32. The molecular formula is C23H22N2O2. The minimum absolute atomic E-state index is 0.228. The molecule has 0 unspecified atom stereocenters. The van der Waals surface area contributed by atoms with Crippen molar-refractivity contribution in [2.45, 2.75) is 12.5 Å². The summed E-state index contributed by atoms with van der Waals surface area (Å²) in [6.45, 7) is 0. The fourth-order valence-corrected chi connectivity index (χ4v) is 3.14. The van der Waals surface area contributed by atoms with E-state index in [1.165, 1.54) is 4.90 Å². The van der Waals surface area contributed by atoms with E-state index in [4.69, 9.17) is 5.73 Å². The smallest absolute Gasteiger partial charge is 0.254 e. The molecule has 2 N–H and O–H groups in total. The van der Waals surface area contributed by atoms with Crippen LogP contribution in [0.15, 0.2) is 84.9 Å². The van der Waals surface area contributed by atoms with E-state index in [-0.39, 0.29) is 5.91 Å². The first-order chi connectivity index (χ1) is 13.1. The standard InChI is InChI=1S/C23H22N2O2/c1-25(21(22(24)26)16-17-10-4-2-5-11-17)23(27)20-15-9-8-14-19(20)18-12-6-3-7-13-18/h2-15,21H,16H2,1H3,(H2,24,26)/t21-/m0/s1. The summed E-state index contributed by atoms with van der Waals surface area (Å²) >= 11 is 0. The molecule has 0 spiro atoms. The lowest BCUT2D eigenvalue weighted by Crippen LogP contribution is -2.47. The Bertz CT molecular complexity index is 923. The number of amides is 2. The van der Waals surface area contributed by atoms with Gasteiger partial charge in [0.1, 0.15) is 6.04 Å². The Morgan fingerprint density at radius 2 is 1.41 bits per heavy atom. The van der Waals surface area contributed by atoms with Crippen molar-refractivity contribution in [3.63, 3.8) is 0 Å². The van der Waals surface area contributed by atoms with Gasteiger partial charge < -0.3 is 10.6 Å². The Morgan fingerprint density at radius 1 is 0.852 bits per heavy atom. The van der Waals surface area contributed by atoms with Crippen molar-refractivity contribution < 1.29 is 9.59 Å². The van der Waals surface area contributed by atoms with Crippen LogP contribution in [0.5, 0.6) is 0 Å². The molecule has 2 amide bonds. The highest BCUT2D eigenvalue weighted by atomic mass is 16.2. The minimum Gasteiger partial charge on any atom is -0.368 e. The number of rotatable bonds is 6. The van der Waals surface area contributed by atoms with Crippen LogP contribution in [0, 0.1) is 0 Å². The van der Waals surface area contributed by atoms with Crippen molar-refractivity contribution in [1.82, 2.24) is 4.90 Å². The van der Waals surface area contributed by atoms with E-state index in [0.29, 0.717) is 12.0 Å². The van der Waals surface area contributed by atoms with E-state index in [2.05, 4.69) is 0 Å². The van der Waals surface area contributed by atoms with E-state index in [9.17, 15) is 9.59 Å². The number of hydrogen-bond donors (Lipinski definition) is 1. The highest BCUT2D eigenvalue weighted by Gasteiger charge is 2.27. The molecule has 0 saturated carbocycles. The topological polar surface area (TPSA) is 63.4 Å². The summed E-state index contributed by atoms with van der Waals surface area (Å²) in [7, 11) is 1.63. The summed E-state index contributed by atoms with van der Waals surface area (Å²) in [6, 6.07) is 26.0. The molecule has 0 fully saturated rings. The van der Waals surface area contributed by atoms with Gasteiger partial charge in [-0.1, -0.05) is 78.9 Å². The van der Waals surface area contributed by atoms with Gasteiger partial charge in [0.05, 0.1) is 0 Å². The fourth-order valence-electron chi connectivity index (χ4n) is 3.14. The molecular weight excluding hydrogens is 336 g/mol. The zero-order valence-electron chi connectivity index (χ0n) is 15.2. The molecule has 0 heterocycles. The van der Waals surface area contributed by atoms with Crippen LogP contribution in [0.25, 0.3) is 11.1 Å². The van der Waals surface area contributed by atoms with E-state index in [0.717, 1.165) is 16.7 Å². The number of nitrogens with two attached hydrogens (primary N) is 1. The van der Waals surface area contributed by atoms with Gasteiger partial charge in [-0.3, -0.25) is 9.59 Å². The number of nitrogens with zero attached hydrogens (tertiary/aromatic N) is 1. The predicted molar refractivity (Wildman–Crippen MR) is 107 cm³/mol. The first-order valence-electron chi connectivity index (χ1n) is 8.83. The molecule has 4 heteroatoms. The third-order valence-electron chi connectivity index (χ3n) is 4.63. The molecule has 0 aliphatic heterocycles. The van der Waals surface area contributed by atoms with Gasteiger partial charge in [0.2, 0.25) is 5.91 Å². The SMILES string of the molecule is CN(C(=O)c1ccccc1-c1ccccc1)[C@@H](Cc1ccccc1)C(N)=O. The van der Waals surface area contributed by atoms with E-state index in [1.807, 2.05) is 78.9 Å². The van der Waals surface area contributed by atoms with Gasteiger partial charge in [-0.25, -0.2) is 0 Å². The molecule has 0 aliphatic carbocycles. The van der Waals surface area contributed by atoms with Crippen molar-refractivity contribution in [2.75, 3.05) is 7.05 Å². The summed E-state index contributed by atoms with van der Waals surface area (Å²) in [6.07, 6.45) is 0.381. The van der Waals surface area contributed by atoms with Crippen LogP contribution < -0.4 is 5.73 Å². The van der Waals surface area contributed by atoms with Gasteiger partial charge in [0.15, 0.2) is 0 Å². The van der Waals surface area contributed by atoms with Gasteiger partial charge in [0, 0.05) is 19.0 Å². The van der Waals surface area contributed by atoms with Crippen LogP contribution in [0.4, 0.5) is 0 Å². The third-order valence-corrected chi connectivity index (χ3v) is 4.63. The molecule has 4 nitrogen and oxygen atoms in total. The number of primary amides is 1. The number of likely N-dealkylation sites (N-methyl/N-ethyl adjacent to an activating group) is 1. The zero-order chi connectivity index (χ0) is 19.2. The summed E-state index contributed by atoms with van der Waals surface area (Å²) in [5.74, 6) is -0.749. The van der Waals surface area contributed by atoms with Gasteiger partial charge >= 0.3 is 0 Å². The van der Waals surface area contributed by atoms with E-state index < -0.39 is 11.9 Å². The van der Waals surface area contributed by atoms with Gasteiger partial charge in [-0.15, -0.1) is 0 Å². The van der Waals surface area contributed by atoms with Gasteiger partial charge in [0.25, 0.3) is 5.91 Å². The molecule has 3 aromatic carbocycles. The molecule has 0 saturated heterocycles. The minimum atomic E-state index is -0.719. The molecule has 27 heavy (non-hydrogen) atoms. The van der Waals surface area contributed by atoms with Crippen LogP contribution in [0.1, 0.15) is 15.9 Å². The second-order valence-electron chi connectivity index (χ2n) is 6.44. The molecule has 3 rings (SSSR count). The molecule has 1 atom stereocenters. The van der Waals surface area contributed by atoms with Crippen molar-refractivity contribution >= 4 is 11.8 Å². The molecule has 3 aromatic rings. The average molecular weight is 358 g/mol. The van der Waals surface area contributed by atoms with Crippen LogP contribution in [-0.2, 0) is 11.2 Å². The summed E-state index contributed by atoms with van der Waals surface area (Å²) in [4.78, 5) is 26.7. The third kappa shape index (κ3) is 4.23. The van der Waals surface area contributed by atoms with E-state index >= 15 is 0 Å². The van der Waals surface area contributed by atoms with Crippen LogP contribution in [0.2, 0.25) is 0 Å². The Morgan fingerprint density at radius 3 is 2.04 bits per heavy atom. The van der Waals surface area contributed by atoms with Crippen molar-refractivity contribution in [2.24, 2.45) is 5.73 Å². The van der Waals surface area contributed by atoms with Gasteiger partial charge in [-0.2, -0.15) is 0 Å². The Kier molecular flexibility index (Phi) is 5.67. The number of benzene rings is 3. The Hall–Kier alpha value is -3.40. The fraction of sp³-hybridized carbons (Fsp3) is 0.130. The molecule has 0 aromatic heterocycles. The lowest BCUT2D eigenvalue weighted by molar-refractivity contribution is -0.122. The predicted octanol–water partition coefficient (Wildman–Crippen LogP) is 3.52.